The van der Waals surface area contributed by atoms with Crippen LogP contribution in [0.15, 0.2) is 22.8 Å². The summed E-state index contributed by atoms with van der Waals surface area (Å²) in [7, 11) is 5.02. The van der Waals surface area contributed by atoms with Gasteiger partial charge in [-0.15, -0.1) is 3.89 Å². The van der Waals surface area contributed by atoms with Crippen LogP contribution in [-0.2, 0) is 6.54 Å². The zero-order chi connectivity index (χ0) is 18.8. The first-order chi connectivity index (χ1) is 12.5. The quantitative estimate of drug-likeness (QED) is 0.507. The van der Waals surface area contributed by atoms with Crippen molar-refractivity contribution in [1.29, 1.82) is 0 Å². The number of hydrogen-bond donors (Lipinski definition) is 0. The van der Waals surface area contributed by atoms with Gasteiger partial charge in [0.25, 0.3) is 0 Å². The highest BCUT2D eigenvalue weighted by molar-refractivity contribution is 9.10. The van der Waals surface area contributed by atoms with Gasteiger partial charge in [-0.2, -0.15) is 14.2 Å². The molecule has 0 N–H and O–H groups in total. The van der Waals surface area contributed by atoms with Crippen molar-refractivity contribution in [3.8, 4) is 11.5 Å². The summed E-state index contributed by atoms with van der Waals surface area (Å²) in [6, 6.07) is 5.55. The van der Waals surface area contributed by atoms with E-state index in [4.69, 9.17) is 21.1 Å². The van der Waals surface area contributed by atoms with E-state index >= 15 is 0 Å². The van der Waals surface area contributed by atoms with Crippen molar-refractivity contribution in [1.82, 2.24) is 19.2 Å². The van der Waals surface area contributed by atoms with E-state index in [-0.39, 0.29) is 17.6 Å². The molecule has 0 atom stereocenters. The Bertz CT molecular complexity index is 957. The molecular formula is C15H14BrClFN5O2S. The number of aromatic nitrogens is 4. The van der Waals surface area contributed by atoms with Crippen molar-refractivity contribution in [2.24, 2.45) is 0 Å². The van der Waals surface area contributed by atoms with Crippen LogP contribution in [0.4, 0.5) is 9.70 Å². The maximum atomic E-state index is 13.0. The summed E-state index contributed by atoms with van der Waals surface area (Å²) in [6.07, 6.45) is 0. The molecule has 2 aromatic heterocycles. The molecule has 2 heterocycles. The van der Waals surface area contributed by atoms with E-state index in [0.717, 1.165) is 9.65 Å². The monoisotopic (exact) mass is 461 g/mol. The lowest BCUT2D eigenvalue weighted by Gasteiger charge is -2.20. The summed E-state index contributed by atoms with van der Waals surface area (Å²) in [6.45, 7) is 0.461. The fourth-order valence-corrected chi connectivity index (χ4v) is 3.45. The number of methoxy groups -OCH3 is 2. The molecule has 1 aromatic carbocycles. The van der Waals surface area contributed by atoms with Gasteiger partial charge < -0.3 is 14.4 Å². The summed E-state index contributed by atoms with van der Waals surface area (Å²) >= 11 is 9.28. The number of fused-ring (bicyclic) bond motifs is 1. The standard InChI is InChI=1S/C15H14BrClFN5O2S/c1-22(7-8-4-5-9(24-2)6-10(8)25-3)14-12-11(19-15(17)20-14)13(16)23(21-12)26-18/h4-6H,7H2,1-3H3. The molecule has 0 bridgehead atoms. The highest BCUT2D eigenvalue weighted by atomic mass is 79.9. The van der Waals surface area contributed by atoms with Gasteiger partial charge in [0.15, 0.2) is 23.7 Å². The summed E-state index contributed by atoms with van der Waals surface area (Å²) in [4.78, 5) is 10.2. The van der Waals surface area contributed by atoms with Crippen LogP contribution in [0.25, 0.3) is 11.0 Å². The van der Waals surface area contributed by atoms with Crippen LogP contribution in [0, 0.1) is 0 Å². The van der Waals surface area contributed by atoms with Crippen molar-refractivity contribution >= 4 is 56.7 Å². The van der Waals surface area contributed by atoms with Crippen LogP contribution < -0.4 is 14.4 Å². The summed E-state index contributed by atoms with van der Waals surface area (Å²) < 4.78 is 25.1. The van der Waals surface area contributed by atoms with E-state index in [1.807, 2.05) is 24.1 Å². The van der Waals surface area contributed by atoms with Gasteiger partial charge >= 0.3 is 0 Å². The molecule has 138 valence electrons. The molecule has 0 saturated carbocycles. The maximum Gasteiger partial charge on any atom is 0.225 e. The highest BCUT2D eigenvalue weighted by Crippen LogP contribution is 2.33. The van der Waals surface area contributed by atoms with Crippen LogP contribution in [0.5, 0.6) is 11.5 Å². The Balaban J connectivity index is 2.02. The molecular weight excluding hydrogens is 449 g/mol. The fraction of sp³-hybridized carbons (Fsp3) is 0.267. The number of nitrogens with zero attached hydrogens (tertiary/aromatic N) is 5. The van der Waals surface area contributed by atoms with Crippen molar-refractivity contribution in [2.75, 3.05) is 26.2 Å². The molecule has 3 rings (SSSR count). The van der Waals surface area contributed by atoms with E-state index in [2.05, 4.69) is 31.0 Å². The number of hydrogen-bond acceptors (Lipinski definition) is 7. The molecule has 0 aliphatic heterocycles. The third-order valence-corrected chi connectivity index (χ3v) is 5.23. The smallest absolute Gasteiger partial charge is 0.225 e. The normalized spacial score (nSPS) is 11.0. The average molecular weight is 463 g/mol. The van der Waals surface area contributed by atoms with Gasteiger partial charge in [0, 0.05) is 25.2 Å². The molecule has 0 unspecified atom stereocenters. The van der Waals surface area contributed by atoms with Gasteiger partial charge in [-0.1, -0.05) is 0 Å². The number of halogens is 3. The van der Waals surface area contributed by atoms with Crippen LogP contribution in [0.3, 0.4) is 0 Å². The second kappa shape index (κ2) is 7.85. The number of ether oxygens (including phenoxy) is 2. The molecule has 26 heavy (non-hydrogen) atoms. The lowest BCUT2D eigenvalue weighted by atomic mass is 10.1. The maximum absolute atomic E-state index is 13.0. The number of anilines is 1. The predicted octanol–water partition coefficient (Wildman–Crippen LogP) is 4.28. The van der Waals surface area contributed by atoms with Gasteiger partial charge in [0.2, 0.25) is 5.28 Å². The molecule has 0 spiro atoms. The van der Waals surface area contributed by atoms with Crippen LogP contribution in [0.1, 0.15) is 5.56 Å². The summed E-state index contributed by atoms with van der Waals surface area (Å²) in [5, 5.41) is 4.23. The fourth-order valence-electron chi connectivity index (χ4n) is 2.50. The first-order valence-electron chi connectivity index (χ1n) is 7.31. The van der Waals surface area contributed by atoms with E-state index in [1.54, 1.807) is 20.3 Å². The van der Waals surface area contributed by atoms with Crippen LogP contribution >= 0.6 is 39.9 Å². The molecule has 11 heteroatoms. The Morgan fingerprint density at radius 1 is 1.27 bits per heavy atom. The molecule has 0 amide bonds. The largest absolute Gasteiger partial charge is 0.497 e. The van der Waals surface area contributed by atoms with E-state index < -0.39 is 0 Å². The zero-order valence-corrected chi connectivity index (χ0v) is 17.2. The van der Waals surface area contributed by atoms with Gasteiger partial charge in [-0.25, -0.2) is 4.98 Å². The Morgan fingerprint density at radius 3 is 2.69 bits per heavy atom. The van der Waals surface area contributed by atoms with Crippen molar-refractivity contribution < 1.29 is 13.4 Å². The van der Waals surface area contributed by atoms with E-state index in [1.165, 1.54) is 0 Å². The summed E-state index contributed by atoms with van der Waals surface area (Å²) in [5.74, 6) is 1.85. The van der Waals surface area contributed by atoms with Crippen molar-refractivity contribution in [2.45, 2.75) is 6.54 Å². The lowest BCUT2D eigenvalue weighted by Crippen LogP contribution is -2.19. The second-order valence-corrected chi connectivity index (χ2v) is 6.85. The first-order valence-corrected chi connectivity index (χ1v) is 9.15. The van der Waals surface area contributed by atoms with Gasteiger partial charge in [0.1, 0.15) is 21.6 Å². The third kappa shape index (κ3) is 3.53. The SMILES string of the molecule is COc1ccc(CN(C)c2nc(Cl)nc3c(Br)n(SF)nc23)c(OC)c1. The topological polar surface area (TPSA) is 65.3 Å². The Morgan fingerprint density at radius 2 is 2.04 bits per heavy atom. The van der Waals surface area contributed by atoms with Gasteiger partial charge in [-0.05, 0) is 39.7 Å². The molecule has 0 radical (unpaired) electrons. The summed E-state index contributed by atoms with van der Waals surface area (Å²) in [5.41, 5.74) is 1.78. The Kier molecular flexibility index (Phi) is 5.73. The van der Waals surface area contributed by atoms with Crippen molar-refractivity contribution in [3.63, 3.8) is 0 Å². The predicted molar refractivity (Wildman–Crippen MR) is 104 cm³/mol. The van der Waals surface area contributed by atoms with Crippen LogP contribution in [0.2, 0.25) is 5.28 Å². The second-order valence-electron chi connectivity index (χ2n) is 5.28. The van der Waals surface area contributed by atoms with E-state index in [9.17, 15) is 3.89 Å². The molecule has 0 aliphatic carbocycles. The first kappa shape index (κ1) is 19.0. The molecule has 0 aliphatic rings. The Hall–Kier alpha value is -1.78. The van der Waals surface area contributed by atoms with Crippen LogP contribution in [-0.4, -0.2) is 40.4 Å². The van der Waals surface area contributed by atoms with E-state index in [0.29, 0.717) is 39.5 Å². The minimum Gasteiger partial charge on any atom is -0.497 e. The number of benzene rings is 1. The molecule has 3 aromatic rings. The lowest BCUT2D eigenvalue weighted by molar-refractivity contribution is 0.391. The molecule has 7 nitrogen and oxygen atoms in total. The minimum atomic E-state index is -0.0430. The molecule has 0 fully saturated rings. The van der Waals surface area contributed by atoms with Gasteiger partial charge in [-0.3, -0.25) is 0 Å². The third-order valence-electron chi connectivity index (χ3n) is 3.72. The van der Waals surface area contributed by atoms with Gasteiger partial charge in [0.05, 0.1) is 14.2 Å². The minimum absolute atomic E-state index is 0.0430. The molecule has 0 saturated heterocycles. The average Bonchev–Trinajstić information content (AvgIpc) is 2.97. The zero-order valence-electron chi connectivity index (χ0n) is 14.0. The number of rotatable bonds is 6. The highest BCUT2D eigenvalue weighted by Gasteiger charge is 2.20. The Labute approximate surface area is 167 Å². The van der Waals surface area contributed by atoms with Crippen molar-refractivity contribution in [3.05, 3.63) is 33.6 Å².